The minimum absolute atomic E-state index is 0.278. The normalized spacial score (nSPS) is 21.6. The van der Waals surface area contributed by atoms with E-state index in [0.717, 1.165) is 43.3 Å². The molecule has 1 atom stereocenters. The van der Waals surface area contributed by atoms with E-state index in [-0.39, 0.29) is 5.41 Å². The van der Waals surface area contributed by atoms with Gasteiger partial charge < -0.3 is 14.9 Å². The summed E-state index contributed by atoms with van der Waals surface area (Å²) in [6.45, 7) is 10.2. The minimum atomic E-state index is -1.11. The highest BCUT2D eigenvalue weighted by molar-refractivity contribution is 5.42. The third-order valence-electron chi connectivity index (χ3n) is 6.55. The average Bonchev–Trinajstić information content (AvgIpc) is 3.21. The van der Waals surface area contributed by atoms with E-state index in [4.69, 9.17) is 0 Å². The first-order chi connectivity index (χ1) is 13.3. The van der Waals surface area contributed by atoms with E-state index in [0.29, 0.717) is 5.92 Å². The number of hydrogen-bond acceptors (Lipinski definition) is 5. The second-order valence-electron chi connectivity index (χ2n) is 9.19. The van der Waals surface area contributed by atoms with Gasteiger partial charge in [-0.15, -0.1) is 0 Å². The zero-order valence-corrected chi connectivity index (χ0v) is 17.5. The number of aromatic nitrogens is 2. The molecule has 2 saturated heterocycles. The number of hydrogen-bond donors (Lipinski definition) is 1. The number of likely N-dealkylation sites (tertiary alicyclic amines) is 1. The summed E-state index contributed by atoms with van der Waals surface area (Å²) in [5.74, 6) is 1.24. The molecule has 2 aliphatic rings. The summed E-state index contributed by atoms with van der Waals surface area (Å²) in [6, 6.07) is 8.42. The molecular formula is C23H32N4O. The van der Waals surface area contributed by atoms with Crippen LogP contribution in [0.15, 0.2) is 36.7 Å². The molecule has 3 heterocycles. The van der Waals surface area contributed by atoms with Crippen molar-refractivity contribution in [1.29, 1.82) is 0 Å². The maximum absolute atomic E-state index is 12.1. The molecule has 28 heavy (non-hydrogen) atoms. The Morgan fingerprint density at radius 3 is 2.07 bits per heavy atom. The van der Waals surface area contributed by atoms with Crippen LogP contribution in [-0.2, 0) is 5.60 Å². The van der Waals surface area contributed by atoms with E-state index >= 15 is 0 Å². The summed E-state index contributed by atoms with van der Waals surface area (Å²) in [5, 5.41) is 12.1. The fourth-order valence-corrected chi connectivity index (χ4v) is 4.94. The Hall–Kier alpha value is -1.98. The third kappa shape index (κ3) is 3.11. The van der Waals surface area contributed by atoms with Crippen LogP contribution in [0.2, 0.25) is 0 Å². The zero-order valence-electron chi connectivity index (χ0n) is 17.5. The lowest BCUT2D eigenvalue weighted by Crippen LogP contribution is -2.63. The Morgan fingerprint density at radius 2 is 1.57 bits per heavy atom. The molecule has 4 rings (SSSR count). The zero-order chi connectivity index (χ0) is 19.9. The van der Waals surface area contributed by atoms with Crippen LogP contribution in [0.1, 0.15) is 56.2 Å². The molecule has 1 aromatic carbocycles. The molecule has 0 saturated carbocycles. The standard InChI is InChI=1S/C23H32N4O/c1-17(2)18-7-9-19(10-8-18)23(28,22(3)15-26(4)16-22)20-13-24-21(25-14-20)27-11-5-6-12-27/h7-10,13-14,17,28H,5-6,11-12,15-16H2,1-4H3. The molecular weight excluding hydrogens is 348 g/mol. The molecule has 2 aromatic rings. The Bertz CT molecular complexity index is 806. The molecule has 1 aromatic heterocycles. The molecule has 2 aliphatic heterocycles. The summed E-state index contributed by atoms with van der Waals surface area (Å²) in [4.78, 5) is 13.7. The smallest absolute Gasteiger partial charge is 0.225 e. The van der Waals surface area contributed by atoms with Gasteiger partial charge in [0.15, 0.2) is 0 Å². The lowest BCUT2D eigenvalue weighted by Gasteiger charge is -2.55. The van der Waals surface area contributed by atoms with Crippen molar-refractivity contribution in [2.45, 2.75) is 45.1 Å². The summed E-state index contributed by atoms with van der Waals surface area (Å²) in [5.41, 5.74) is 1.59. The molecule has 1 unspecified atom stereocenters. The average molecular weight is 381 g/mol. The lowest BCUT2D eigenvalue weighted by atomic mass is 9.62. The first kappa shape index (κ1) is 19.3. The van der Waals surface area contributed by atoms with Gasteiger partial charge in [-0.3, -0.25) is 0 Å². The van der Waals surface area contributed by atoms with E-state index in [1.165, 1.54) is 18.4 Å². The van der Waals surface area contributed by atoms with E-state index in [9.17, 15) is 5.11 Å². The molecule has 0 spiro atoms. The number of nitrogens with zero attached hydrogens (tertiary/aromatic N) is 4. The Balaban J connectivity index is 1.73. The van der Waals surface area contributed by atoms with Gasteiger partial charge in [-0.1, -0.05) is 45.0 Å². The van der Waals surface area contributed by atoms with Crippen LogP contribution in [0.3, 0.4) is 0 Å². The molecule has 5 heteroatoms. The highest BCUT2D eigenvalue weighted by Crippen LogP contribution is 2.50. The third-order valence-corrected chi connectivity index (χ3v) is 6.55. The Morgan fingerprint density at radius 1 is 1.00 bits per heavy atom. The van der Waals surface area contributed by atoms with Crippen LogP contribution >= 0.6 is 0 Å². The van der Waals surface area contributed by atoms with Gasteiger partial charge in [-0.05, 0) is 36.9 Å². The van der Waals surface area contributed by atoms with Crippen LogP contribution in [0, 0.1) is 5.41 Å². The quantitative estimate of drug-likeness (QED) is 0.862. The highest BCUT2D eigenvalue weighted by Gasteiger charge is 2.55. The molecule has 0 bridgehead atoms. The number of benzene rings is 1. The Labute approximate surface area is 168 Å². The first-order valence-electron chi connectivity index (χ1n) is 10.4. The Kier molecular flexibility index (Phi) is 4.92. The van der Waals surface area contributed by atoms with E-state index < -0.39 is 5.60 Å². The molecule has 0 amide bonds. The van der Waals surface area contributed by atoms with Crippen LogP contribution in [-0.4, -0.2) is 53.2 Å². The van der Waals surface area contributed by atoms with Gasteiger partial charge in [0.2, 0.25) is 5.95 Å². The van der Waals surface area contributed by atoms with E-state index in [2.05, 4.69) is 71.9 Å². The van der Waals surface area contributed by atoms with Crippen LogP contribution in [0.4, 0.5) is 5.95 Å². The second-order valence-corrected chi connectivity index (χ2v) is 9.19. The van der Waals surface area contributed by atoms with Gasteiger partial charge >= 0.3 is 0 Å². The van der Waals surface area contributed by atoms with Crippen molar-refractivity contribution in [3.8, 4) is 0 Å². The van der Waals surface area contributed by atoms with Gasteiger partial charge in [0.05, 0.1) is 0 Å². The van der Waals surface area contributed by atoms with Crippen LogP contribution in [0.25, 0.3) is 0 Å². The van der Waals surface area contributed by atoms with Crippen LogP contribution < -0.4 is 4.90 Å². The fraction of sp³-hybridized carbons (Fsp3) is 0.565. The van der Waals surface area contributed by atoms with Crippen molar-refractivity contribution >= 4 is 5.95 Å². The predicted molar refractivity (Wildman–Crippen MR) is 113 cm³/mol. The molecule has 150 valence electrons. The summed E-state index contributed by atoms with van der Waals surface area (Å²) in [6.07, 6.45) is 6.06. The summed E-state index contributed by atoms with van der Waals surface area (Å²) < 4.78 is 0. The van der Waals surface area contributed by atoms with Crippen molar-refractivity contribution in [1.82, 2.24) is 14.9 Å². The number of rotatable bonds is 5. The predicted octanol–water partition coefficient (Wildman–Crippen LogP) is 3.39. The van der Waals surface area contributed by atoms with Crippen molar-refractivity contribution < 1.29 is 5.11 Å². The number of aliphatic hydroxyl groups is 1. The van der Waals surface area contributed by atoms with Gasteiger partial charge in [0.25, 0.3) is 0 Å². The van der Waals surface area contributed by atoms with Gasteiger partial charge in [-0.2, -0.15) is 0 Å². The highest BCUT2D eigenvalue weighted by atomic mass is 16.3. The van der Waals surface area contributed by atoms with E-state index in [1.54, 1.807) is 0 Å². The molecule has 5 nitrogen and oxygen atoms in total. The largest absolute Gasteiger partial charge is 0.380 e. The molecule has 1 N–H and O–H groups in total. The van der Waals surface area contributed by atoms with Crippen molar-refractivity contribution in [3.05, 3.63) is 53.3 Å². The fourth-order valence-electron chi connectivity index (χ4n) is 4.94. The summed E-state index contributed by atoms with van der Waals surface area (Å²) >= 11 is 0. The van der Waals surface area contributed by atoms with Crippen molar-refractivity contribution in [2.75, 3.05) is 38.1 Å². The lowest BCUT2D eigenvalue weighted by molar-refractivity contribution is -0.127. The molecule has 0 radical (unpaired) electrons. The molecule has 0 aliphatic carbocycles. The summed E-state index contributed by atoms with van der Waals surface area (Å²) in [7, 11) is 2.09. The monoisotopic (exact) mass is 380 g/mol. The van der Waals surface area contributed by atoms with Crippen molar-refractivity contribution in [2.24, 2.45) is 5.41 Å². The van der Waals surface area contributed by atoms with Gasteiger partial charge in [0, 0.05) is 49.6 Å². The van der Waals surface area contributed by atoms with Gasteiger partial charge in [-0.25, -0.2) is 9.97 Å². The first-order valence-corrected chi connectivity index (χ1v) is 10.4. The maximum atomic E-state index is 12.1. The van der Waals surface area contributed by atoms with Crippen LogP contribution in [0.5, 0.6) is 0 Å². The van der Waals surface area contributed by atoms with Crippen molar-refractivity contribution in [3.63, 3.8) is 0 Å². The molecule has 2 fully saturated rings. The maximum Gasteiger partial charge on any atom is 0.225 e. The second kappa shape index (κ2) is 7.12. The van der Waals surface area contributed by atoms with Gasteiger partial charge in [0.1, 0.15) is 5.60 Å². The number of anilines is 1. The minimum Gasteiger partial charge on any atom is -0.380 e. The van der Waals surface area contributed by atoms with E-state index in [1.807, 2.05) is 12.4 Å². The topological polar surface area (TPSA) is 52.5 Å². The SMILES string of the molecule is CC(C)c1ccc(C(O)(c2cnc(N3CCCC3)nc2)C2(C)CN(C)C2)cc1.